The van der Waals surface area contributed by atoms with E-state index in [2.05, 4.69) is 20.5 Å². The van der Waals surface area contributed by atoms with Gasteiger partial charge in [0, 0.05) is 5.41 Å². The first-order valence-corrected chi connectivity index (χ1v) is 20.5. The Balaban J connectivity index is 0.00000341. The maximum absolute atomic E-state index is 13.4. The molecule has 0 bridgehead atoms. The molecular weight excluding hydrogens is 839 g/mol. The Morgan fingerprint density at radius 3 is 1.33 bits per heavy atom. The second kappa shape index (κ2) is 18.3. The van der Waals surface area contributed by atoms with Crippen LogP contribution in [0.25, 0.3) is 21.5 Å². The number of benzene rings is 6. The molecule has 60 heavy (non-hydrogen) atoms. The molecule has 6 aromatic carbocycles. The van der Waals surface area contributed by atoms with Gasteiger partial charge in [-0.05, 0) is 106 Å². The van der Waals surface area contributed by atoms with Gasteiger partial charge in [0.15, 0.2) is 0 Å². The average Bonchev–Trinajstić information content (AvgIpc) is 3.19. The third kappa shape index (κ3) is 9.13. The van der Waals surface area contributed by atoms with E-state index in [0.717, 1.165) is 54.7 Å². The van der Waals surface area contributed by atoms with Crippen molar-refractivity contribution in [1.29, 1.82) is 0 Å². The van der Waals surface area contributed by atoms with Crippen molar-refractivity contribution >= 4 is 64.5 Å². The summed E-state index contributed by atoms with van der Waals surface area (Å²) in [5.74, 6) is -1.71. The van der Waals surface area contributed by atoms with Crippen molar-refractivity contribution in [3.8, 4) is 34.5 Å². The molecule has 0 unspecified atom stereocenters. The van der Waals surface area contributed by atoms with E-state index >= 15 is 0 Å². The number of hydrogen-bond acceptors (Lipinski definition) is 14. The predicted octanol–water partition coefficient (Wildman–Crippen LogP) is 2.15. The van der Waals surface area contributed by atoms with Crippen LogP contribution in [-0.4, -0.2) is 50.4 Å². The van der Waals surface area contributed by atoms with E-state index in [4.69, 9.17) is 9.47 Å². The quantitative estimate of drug-likeness (QED) is 0.0877. The first-order valence-electron chi connectivity index (χ1n) is 17.6. The standard InChI is InChI=1S/C40H36N4O12S2.2Na/c1-55-32-18-24(8-12-30(32)41-43-36-34(57(49,50)51)16-22-6-10-26(45)20-28(22)38(36)47)40(14-4-3-5-15-40)25-9-13-31(33(19-25)56-2)42-44-37-35(58(52,53)54)17-23-7-11-27(46)21-29(23)39(37)48;;/h6-13,16-21,45-48H,3-5,14-15H2,1-2H3,(H,49,50,51)(H,52,53,54);;/q;2*+1/p-2. The van der Waals surface area contributed by atoms with Gasteiger partial charge in [0.05, 0.1) is 25.6 Å². The zero-order chi connectivity index (χ0) is 41.6. The van der Waals surface area contributed by atoms with E-state index in [-0.39, 0.29) is 115 Å². The van der Waals surface area contributed by atoms with Crippen molar-refractivity contribution < 1.29 is 115 Å². The first kappa shape index (κ1) is 46.7. The maximum atomic E-state index is 13.4. The molecule has 20 heteroatoms. The number of aromatic hydroxyl groups is 2. The average molecular weight is 873 g/mol. The minimum atomic E-state index is -4.91. The summed E-state index contributed by atoms with van der Waals surface area (Å²) < 4.78 is 80.4. The normalized spacial score (nSPS) is 14.3. The Morgan fingerprint density at radius 2 is 0.967 bits per heavy atom. The van der Waals surface area contributed by atoms with Crippen molar-refractivity contribution in [2.75, 3.05) is 14.2 Å². The van der Waals surface area contributed by atoms with E-state index < -0.39 is 58.3 Å². The van der Waals surface area contributed by atoms with Crippen LogP contribution in [-0.2, 0) is 25.7 Å². The summed E-state index contributed by atoms with van der Waals surface area (Å²) in [5, 5.41) is 63.1. The van der Waals surface area contributed by atoms with Crippen LogP contribution < -0.4 is 78.8 Å². The Bertz CT molecular complexity index is 2730. The van der Waals surface area contributed by atoms with Gasteiger partial charge in [-0.2, -0.15) is 16.8 Å². The number of hydrogen-bond donors (Lipinski definition) is 4. The molecule has 0 heterocycles. The van der Waals surface area contributed by atoms with Crippen LogP contribution in [0.5, 0.6) is 34.5 Å². The second-order valence-electron chi connectivity index (χ2n) is 13.7. The van der Waals surface area contributed by atoms with E-state index in [1.54, 1.807) is 24.3 Å². The molecule has 0 atom stereocenters. The Kier molecular flexibility index (Phi) is 14.3. The third-order valence-corrected chi connectivity index (χ3v) is 12.0. The molecule has 1 saturated carbocycles. The fourth-order valence-corrected chi connectivity index (χ4v) is 8.74. The Morgan fingerprint density at radius 1 is 0.567 bits per heavy atom. The topological polar surface area (TPSA) is 263 Å². The second-order valence-corrected chi connectivity index (χ2v) is 16.5. The van der Waals surface area contributed by atoms with Crippen LogP contribution in [0.15, 0.2) is 115 Å². The molecule has 1 fully saturated rings. The summed E-state index contributed by atoms with van der Waals surface area (Å²) in [5.41, 5.74) is 0.0573. The number of phenolic OH excluding ortho intramolecular Hbond substituents is 2. The summed E-state index contributed by atoms with van der Waals surface area (Å²) in [7, 11) is -7.00. The molecular formula is C40H34N4Na2O12S2. The SMILES string of the molecule is COc1cc(C2(c3ccc(N=Nc4c(S(=O)(=O)O)cc5ccc(O)cc5c4[O-])c(OC)c3)CCCCC2)ccc1N=Nc1c(S(=O)(=O)O)cc2ccc(O)cc2c1[O-].[Na+].[Na+]. The van der Waals surface area contributed by atoms with Crippen LogP contribution in [0.1, 0.15) is 43.2 Å². The minimum Gasteiger partial charge on any atom is -0.871 e. The molecule has 0 amide bonds. The van der Waals surface area contributed by atoms with E-state index in [1.807, 2.05) is 12.1 Å². The third-order valence-electron chi connectivity index (χ3n) is 10.3. The first-order chi connectivity index (χ1) is 27.5. The van der Waals surface area contributed by atoms with Gasteiger partial charge in [0.25, 0.3) is 20.2 Å². The van der Waals surface area contributed by atoms with E-state index in [1.165, 1.54) is 38.5 Å². The summed E-state index contributed by atoms with van der Waals surface area (Å²) >= 11 is 0. The number of fused-ring (bicyclic) bond motifs is 2. The Labute approximate surface area is 388 Å². The molecule has 4 N–H and O–H groups in total. The molecule has 0 aliphatic heterocycles. The van der Waals surface area contributed by atoms with E-state index in [9.17, 15) is 46.4 Å². The maximum Gasteiger partial charge on any atom is 1.00 e. The van der Waals surface area contributed by atoms with Gasteiger partial charge in [0.1, 0.15) is 44.2 Å². The number of methoxy groups -OCH3 is 2. The van der Waals surface area contributed by atoms with Gasteiger partial charge in [-0.3, -0.25) is 9.11 Å². The molecule has 1 aliphatic rings. The van der Waals surface area contributed by atoms with Crippen LogP contribution in [0, 0.1) is 0 Å². The van der Waals surface area contributed by atoms with Crippen molar-refractivity contribution in [2.45, 2.75) is 47.3 Å². The largest absolute Gasteiger partial charge is 1.00 e. The monoisotopic (exact) mass is 872 g/mol. The van der Waals surface area contributed by atoms with Gasteiger partial charge in [-0.15, -0.1) is 20.5 Å². The number of ether oxygens (including phenoxy) is 2. The summed E-state index contributed by atoms with van der Waals surface area (Å²) in [6.07, 6.45) is 4.16. The van der Waals surface area contributed by atoms with Crippen LogP contribution in [0.4, 0.5) is 22.7 Å². The zero-order valence-corrected chi connectivity index (χ0v) is 38.4. The van der Waals surface area contributed by atoms with Gasteiger partial charge < -0.3 is 29.9 Å². The van der Waals surface area contributed by atoms with Crippen molar-refractivity contribution in [3.63, 3.8) is 0 Å². The molecule has 7 rings (SSSR count). The summed E-state index contributed by atoms with van der Waals surface area (Å²) in [4.78, 5) is -1.50. The fourth-order valence-electron chi connectivity index (χ4n) is 7.44. The van der Waals surface area contributed by atoms with Crippen LogP contribution in [0.3, 0.4) is 0 Å². The molecule has 0 aromatic heterocycles. The number of phenols is 2. The van der Waals surface area contributed by atoms with Gasteiger partial charge in [0.2, 0.25) is 0 Å². The van der Waals surface area contributed by atoms with Gasteiger partial charge >= 0.3 is 59.1 Å². The summed E-state index contributed by atoms with van der Waals surface area (Å²) in [6.45, 7) is 0. The molecule has 0 radical (unpaired) electrons. The van der Waals surface area contributed by atoms with Gasteiger partial charge in [-0.1, -0.05) is 55.0 Å². The molecule has 300 valence electrons. The van der Waals surface area contributed by atoms with Crippen molar-refractivity contribution in [2.24, 2.45) is 20.5 Å². The zero-order valence-electron chi connectivity index (χ0n) is 32.8. The predicted molar refractivity (Wildman–Crippen MR) is 208 cm³/mol. The molecule has 1 aliphatic carbocycles. The minimum absolute atomic E-state index is 0. The van der Waals surface area contributed by atoms with Crippen LogP contribution >= 0.6 is 0 Å². The number of rotatable bonds is 10. The van der Waals surface area contributed by atoms with Gasteiger partial charge in [-0.25, -0.2) is 0 Å². The number of nitrogens with zero attached hydrogens (tertiary/aromatic N) is 4. The molecule has 0 spiro atoms. The van der Waals surface area contributed by atoms with E-state index in [0.29, 0.717) is 12.8 Å². The number of azo groups is 2. The van der Waals surface area contributed by atoms with Crippen LogP contribution in [0.2, 0.25) is 0 Å². The molecule has 0 saturated heterocycles. The smallest absolute Gasteiger partial charge is 0.871 e. The van der Waals surface area contributed by atoms with Crippen molar-refractivity contribution in [3.05, 3.63) is 96.1 Å². The molecule has 16 nitrogen and oxygen atoms in total. The summed E-state index contributed by atoms with van der Waals surface area (Å²) in [6, 6.07) is 20.1. The van der Waals surface area contributed by atoms with Crippen molar-refractivity contribution in [1.82, 2.24) is 0 Å². The fraction of sp³-hybridized carbons (Fsp3) is 0.200. The molecule has 6 aromatic rings. The Hall–Kier alpha value is -4.34.